The van der Waals surface area contributed by atoms with Crippen molar-refractivity contribution >= 4 is 15.7 Å². The number of aromatic hydroxyl groups is 1. The molecule has 5 nitrogen and oxygen atoms in total. The van der Waals surface area contributed by atoms with Gasteiger partial charge in [-0.05, 0) is 48.5 Å². The lowest BCUT2D eigenvalue weighted by Crippen LogP contribution is -2.12. The summed E-state index contributed by atoms with van der Waals surface area (Å²) in [5, 5.41) is 17.8. The number of rotatable bonds is 3. The monoisotopic (exact) mass is 274 g/mol. The standard InChI is InChI=1S/C13H10N2O3S/c14-9-10-1-3-11(4-2-10)15-19(17,18)13-7-5-12(16)6-8-13/h1-8,15-16H. The van der Waals surface area contributed by atoms with Crippen molar-refractivity contribution in [3.8, 4) is 11.8 Å². The molecule has 2 aromatic rings. The number of nitrogens with zero attached hydrogens (tertiary/aromatic N) is 1. The van der Waals surface area contributed by atoms with Crippen LogP contribution in [0, 0.1) is 11.3 Å². The van der Waals surface area contributed by atoms with E-state index in [2.05, 4.69) is 4.72 Å². The van der Waals surface area contributed by atoms with Gasteiger partial charge in [-0.1, -0.05) is 0 Å². The minimum Gasteiger partial charge on any atom is -0.508 e. The van der Waals surface area contributed by atoms with Gasteiger partial charge in [0.15, 0.2) is 0 Å². The van der Waals surface area contributed by atoms with Crippen LogP contribution in [-0.2, 0) is 10.0 Å². The Morgan fingerprint density at radius 2 is 1.58 bits per heavy atom. The lowest BCUT2D eigenvalue weighted by Gasteiger charge is -2.08. The number of sulfonamides is 1. The van der Waals surface area contributed by atoms with Gasteiger partial charge < -0.3 is 5.11 Å². The number of hydrogen-bond donors (Lipinski definition) is 2. The van der Waals surface area contributed by atoms with E-state index < -0.39 is 10.0 Å². The Bertz CT molecular complexity index is 714. The fraction of sp³-hybridized carbons (Fsp3) is 0. The molecule has 96 valence electrons. The molecule has 0 saturated carbocycles. The molecule has 0 bridgehead atoms. The van der Waals surface area contributed by atoms with Gasteiger partial charge in [-0.2, -0.15) is 5.26 Å². The van der Waals surface area contributed by atoms with Crippen molar-refractivity contribution in [2.45, 2.75) is 4.90 Å². The van der Waals surface area contributed by atoms with Gasteiger partial charge in [0.05, 0.1) is 16.5 Å². The van der Waals surface area contributed by atoms with Crippen LogP contribution in [0.2, 0.25) is 0 Å². The number of nitriles is 1. The number of phenols is 1. The maximum atomic E-state index is 12.0. The molecule has 2 rings (SSSR count). The highest BCUT2D eigenvalue weighted by atomic mass is 32.2. The van der Waals surface area contributed by atoms with Crippen molar-refractivity contribution in [1.29, 1.82) is 5.26 Å². The molecule has 0 aliphatic heterocycles. The Morgan fingerprint density at radius 1 is 1.00 bits per heavy atom. The fourth-order valence-electron chi connectivity index (χ4n) is 1.45. The average Bonchev–Trinajstić information content (AvgIpc) is 2.40. The van der Waals surface area contributed by atoms with Gasteiger partial charge in [0.25, 0.3) is 10.0 Å². The molecule has 2 N–H and O–H groups in total. The topological polar surface area (TPSA) is 90.2 Å². The molecular formula is C13H10N2O3S. The summed E-state index contributed by atoms with van der Waals surface area (Å²) in [4.78, 5) is 0.0506. The highest BCUT2D eigenvalue weighted by Crippen LogP contribution is 2.18. The molecule has 19 heavy (non-hydrogen) atoms. The highest BCUT2D eigenvalue weighted by Gasteiger charge is 2.13. The van der Waals surface area contributed by atoms with E-state index in [1.165, 1.54) is 48.5 Å². The van der Waals surface area contributed by atoms with Crippen LogP contribution in [0.15, 0.2) is 53.4 Å². The van der Waals surface area contributed by atoms with Crippen molar-refractivity contribution in [2.75, 3.05) is 4.72 Å². The molecule has 0 amide bonds. The zero-order valence-corrected chi connectivity index (χ0v) is 10.6. The van der Waals surface area contributed by atoms with Crippen molar-refractivity contribution in [3.63, 3.8) is 0 Å². The van der Waals surface area contributed by atoms with E-state index >= 15 is 0 Å². The minimum absolute atomic E-state index is 0.00248. The Hall–Kier alpha value is -2.52. The second-order valence-electron chi connectivity index (χ2n) is 3.79. The first-order chi connectivity index (χ1) is 9.01. The normalized spacial score (nSPS) is 10.7. The average molecular weight is 274 g/mol. The highest BCUT2D eigenvalue weighted by molar-refractivity contribution is 7.92. The molecule has 6 heteroatoms. The molecule has 0 spiro atoms. The van der Waals surface area contributed by atoms with E-state index in [0.717, 1.165) is 0 Å². The Morgan fingerprint density at radius 3 is 2.11 bits per heavy atom. The largest absolute Gasteiger partial charge is 0.508 e. The van der Waals surface area contributed by atoms with Gasteiger partial charge in [0, 0.05) is 5.69 Å². The van der Waals surface area contributed by atoms with Crippen LogP contribution in [0.1, 0.15) is 5.56 Å². The summed E-state index contributed by atoms with van der Waals surface area (Å²) in [6.07, 6.45) is 0. The molecular weight excluding hydrogens is 264 g/mol. The lowest BCUT2D eigenvalue weighted by atomic mass is 10.2. The zero-order valence-electron chi connectivity index (χ0n) is 9.74. The van der Waals surface area contributed by atoms with Crippen LogP contribution in [0.25, 0.3) is 0 Å². The summed E-state index contributed by atoms with van der Waals surface area (Å²) >= 11 is 0. The van der Waals surface area contributed by atoms with E-state index in [-0.39, 0.29) is 10.6 Å². The Kier molecular flexibility index (Phi) is 3.40. The van der Waals surface area contributed by atoms with E-state index in [1.807, 2.05) is 6.07 Å². The molecule has 0 radical (unpaired) electrons. The van der Waals surface area contributed by atoms with Crippen molar-refractivity contribution in [1.82, 2.24) is 0 Å². The third kappa shape index (κ3) is 3.03. The number of anilines is 1. The van der Waals surface area contributed by atoms with E-state index in [0.29, 0.717) is 11.3 Å². The van der Waals surface area contributed by atoms with Crippen molar-refractivity contribution in [3.05, 3.63) is 54.1 Å². The lowest BCUT2D eigenvalue weighted by molar-refractivity contribution is 0.475. The number of nitrogens with one attached hydrogen (secondary N) is 1. The van der Waals surface area contributed by atoms with Gasteiger partial charge in [0.2, 0.25) is 0 Å². The molecule has 0 unspecified atom stereocenters. The van der Waals surface area contributed by atoms with Gasteiger partial charge in [-0.3, -0.25) is 4.72 Å². The van der Waals surface area contributed by atoms with Crippen LogP contribution >= 0.6 is 0 Å². The second-order valence-corrected chi connectivity index (χ2v) is 5.47. The summed E-state index contributed by atoms with van der Waals surface area (Å²) in [6, 6.07) is 13.2. The van der Waals surface area contributed by atoms with Crippen molar-refractivity contribution < 1.29 is 13.5 Å². The van der Waals surface area contributed by atoms with Crippen LogP contribution in [0.4, 0.5) is 5.69 Å². The van der Waals surface area contributed by atoms with E-state index in [1.54, 1.807) is 0 Å². The van der Waals surface area contributed by atoms with Crippen LogP contribution in [0.5, 0.6) is 5.75 Å². The van der Waals surface area contributed by atoms with E-state index in [9.17, 15) is 8.42 Å². The number of benzene rings is 2. The van der Waals surface area contributed by atoms with Gasteiger partial charge in [-0.25, -0.2) is 8.42 Å². The summed E-state index contributed by atoms with van der Waals surface area (Å²) in [5.41, 5.74) is 0.819. The van der Waals surface area contributed by atoms with Crippen LogP contribution in [0.3, 0.4) is 0 Å². The van der Waals surface area contributed by atoms with Gasteiger partial charge in [-0.15, -0.1) is 0 Å². The second kappa shape index (κ2) is 5.00. The molecule has 0 atom stereocenters. The number of phenolic OH excluding ortho intramolecular Hbond substituents is 1. The maximum Gasteiger partial charge on any atom is 0.261 e. The molecule has 0 aliphatic rings. The third-order valence-electron chi connectivity index (χ3n) is 2.41. The van der Waals surface area contributed by atoms with Crippen LogP contribution in [-0.4, -0.2) is 13.5 Å². The summed E-state index contributed by atoms with van der Waals surface area (Å²) in [6.45, 7) is 0. The van der Waals surface area contributed by atoms with Crippen molar-refractivity contribution in [2.24, 2.45) is 0 Å². The maximum absolute atomic E-state index is 12.0. The summed E-state index contributed by atoms with van der Waals surface area (Å²) < 4.78 is 26.4. The third-order valence-corrected chi connectivity index (χ3v) is 3.81. The molecule has 2 aromatic carbocycles. The smallest absolute Gasteiger partial charge is 0.261 e. The zero-order chi connectivity index (χ0) is 13.9. The SMILES string of the molecule is N#Cc1ccc(NS(=O)(=O)c2ccc(O)cc2)cc1. The molecule has 0 heterocycles. The first-order valence-electron chi connectivity index (χ1n) is 5.33. The van der Waals surface area contributed by atoms with Gasteiger partial charge >= 0.3 is 0 Å². The van der Waals surface area contributed by atoms with E-state index in [4.69, 9.17) is 10.4 Å². The number of hydrogen-bond acceptors (Lipinski definition) is 4. The first kappa shape index (κ1) is 12.9. The Labute approximate surface area is 110 Å². The fourth-order valence-corrected chi connectivity index (χ4v) is 2.51. The molecule has 0 saturated heterocycles. The Balaban J connectivity index is 2.26. The minimum atomic E-state index is -3.69. The first-order valence-corrected chi connectivity index (χ1v) is 6.81. The molecule has 0 fully saturated rings. The molecule has 0 aliphatic carbocycles. The molecule has 0 aromatic heterocycles. The predicted molar refractivity (Wildman–Crippen MR) is 70.1 cm³/mol. The summed E-state index contributed by atoms with van der Waals surface area (Å²) in [5.74, 6) is -0.00248. The quantitative estimate of drug-likeness (QED) is 0.896. The predicted octanol–water partition coefficient (Wildman–Crippen LogP) is 2.06. The summed E-state index contributed by atoms with van der Waals surface area (Å²) in [7, 11) is -3.69. The van der Waals surface area contributed by atoms with Gasteiger partial charge in [0.1, 0.15) is 5.75 Å². The van der Waals surface area contributed by atoms with Crippen LogP contribution < -0.4 is 4.72 Å².